The van der Waals surface area contributed by atoms with Crippen molar-refractivity contribution in [1.29, 1.82) is 0 Å². The Morgan fingerprint density at radius 3 is 2.11 bits per heavy atom. The van der Waals surface area contributed by atoms with Crippen molar-refractivity contribution >= 4 is 31.9 Å². The van der Waals surface area contributed by atoms with E-state index in [1.807, 2.05) is 0 Å². The molecule has 0 saturated heterocycles. The van der Waals surface area contributed by atoms with Crippen LogP contribution in [0.5, 0.6) is 0 Å². The minimum absolute atomic E-state index is 0.171. The molecule has 0 atom stereocenters. The summed E-state index contributed by atoms with van der Waals surface area (Å²) >= 11 is 3.30. The number of alkyl halides is 1. The van der Waals surface area contributed by atoms with Gasteiger partial charge in [0.2, 0.25) is 15.9 Å². The maximum absolute atomic E-state index is 12.2. The summed E-state index contributed by atoms with van der Waals surface area (Å²) < 4.78 is 25.5. The van der Waals surface area contributed by atoms with E-state index in [0.717, 1.165) is 9.87 Å². The van der Waals surface area contributed by atoms with Crippen LogP contribution < -0.4 is 0 Å². The van der Waals surface area contributed by atoms with Gasteiger partial charge in [0.15, 0.2) is 0 Å². The molecule has 0 fully saturated rings. The zero-order chi connectivity index (χ0) is 14.6. The molecule has 0 aliphatic carbocycles. The monoisotopic (exact) mass is 348 g/mol. The van der Waals surface area contributed by atoms with Gasteiger partial charge in [-0.3, -0.25) is 4.79 Å². The van der Waals surface area contributed by atoms with Crippen LogP contribution in [0.1, 0.15) is 5.56 Å². The number of hydrogen-bond acceptors (Lipinski definition) is 3. The van der Waals surface area contributed by atoms with Gasteiger partial charge in [-0.1, -0.05) is 28.1 Å². The minimum Gasteiger partial charge on any atom is -0.348 e. The fourth-order valence-corrected chi connectivity index (χ4v) is 2.84. The molecule has 5 nitrogen and oxygen atoms in total. The van der Waals surface area contributed by atoms with Crippen molar-refractivity contribution in [3.05, 3.63) is 29.8 Å². The van der Waals surface area contributed by atoms with Gasteiger partial charge in [0, 0.05) is 26.5 Å². The molecule has 1 aromatic rings. The lowest BCUT2D eigenvalue weighted by molar-refractivity contribution is -0.128. The van der Waals surface area contributed by atoms with Crippen molar-refractivity contribution in [3.63, 3.8) is 0 Å². The molecule has 1 amide bonds. The molecule has 0 radical (unpaired) electrons. The van der Waals surface area contributed by atoms with E-state index in [0.29, 0.717) is 5.33 Å². The van der Waals surface area contributed by atoms with Crippen LogP contribution in [-0.2, 0) is 20.1 Å². The Morgan fingerprint density at radius 2 is 1.68 bits per heavy atom. The third kappa shape index (κ3) is 4.02. The number of carbonyl (C=O) groups is 1. The Kier molecular flexibility index (Phi) is 5.51. The molecule has 0 aliphatic heterocycles. The molecule has 1 aromatic carbocycles. The first kappa shape index (κ1) is 16.1. The molecule has 106 valence electrons. The summed E-state index contributed by atoms with van der Waals surface area (Å²) in [5.41, 5.74) is 0.992. The molecule has 0 aliphatic rings. The molecule has 1 rings (SSSR count). The Balaban J connectivity index is 2.93. The summed E-state index contributed by atoms with van der Waals surface area (Å²) in [5.74, 6) is -0.261. The van der Waals surface area contributed by atoms with Gasteiger partial charge >= 0.3 is 0 Å². The van der Waals surface area contributed by atoms with E-state index in [2.05, 4.69) is 15.9 Å². The highest BCUT2D eigenvalue weighted by Gasteiger charge is 2.23. The smallest absolute Gasteiger partial charge is 0.243 e. The van der Waals surface area contributed by atoms with E-state index < -0.39 is 10.0 Å². The van der Waals surface area contributed by atoms with Gasteiger partial charge in [-0.15, -0.1) is 0 Å². The summed E-state index contributed by atoms with van der Waals surface area (Å²) in [5, 5.41) is 0.669. The highest BCUT2D eigenvalue weighted by molar-refractivity contribution is 9.08. The lowest BCUT2D eigenvalue weighted by Gasteiger charge is -2.19. The molecule has 0 spiro atoms. The number of likely N-dealkylation sites (N-methyl/N-ethyl adjacent to an activating group) is 2. The van der Waals surface area contributed by atoms with Crippen LogP contribution in [0, 0.1) is 0 Å². The quantitative estimate of drug-likeness (QED) is 0.753. The molecule has 0 N–H and O–H groups in total. The number of carbonyl (C=O) groups excluding carboxylic acids is 1. The van der Waals surface area contributed by atoms with Crippen LogP contribution in [0.2, 0.25) is 0 Å². The fourth-order valence-electron chi connectivity index (χ4n) is 1.35. The van der Waals surface area contributed by atoms with Gasteiger partial charge in [-0.25, -0.2) is 8.42 Å². The Morgan fingerprint density at radius 1 is 1.16 bits per heavy atom. The van der Waals surface area contributed by atoms with Crippen molar-refractivity contribution in [2.24, 2.45) is 0 Å². The first-order valence-electron chi connectivity index (χ1n) is 5.60. The standard InChI is InChI=1S/C12H17BrN2O3S/c1-14(2)12(16)9-15(3)19(17,18)11-6-4-10(8-13)5-7-11/h4-7H,8-9H2,1-3H3. The minimum atomic E-state index is -3.62. The molecule has 0 heterocycles. The Labute approximate surface area is 122 Å². The number of halogens is 1. The van der Waals surface area contributed by atoms with Gasteiger partial charge in [0.05, 0.1) is 11.4 Å². The number of nitrogens with zero attached hydrogens (tertiary/aromatic N) is 2. The normalized spacial score (nSPS) is 11.6. The third-order valence-electron chi connectivity index (χ3n) is 2.64. The SMILES string of the molecule is CN(C)C(=O)CN(C)S(=O)(=O)c1ccc(CBr)cc1. The molecule has 19 heavy (non-hydrogen) atoms. The first-order valence-corrected chi connectivity index (χ1v) is 8.16. The maximum atomic E-state index is 12.2. The molecule has 0 aromatic heterocycles. The second kappa shape index (κ2) is 6.49. The van der Waals surface area contributed by atoms with Crippen LogP contribution in [0.15, 0.2) is 29.2 Å². The molecule has 0 bridgehead atoms. The zero-order valence-electron chi connectivity index (χ0n) is 11.1. The average Bonchev–Trinajstić information content (AvgIpc) is 2.38. The van der Waals surface area contributed by atoms with Crippen molar-refractivity contribution < 1.29 is 13.2 Å². The van der Waals surface area contributed by atoms with Crippen LogP contribution in [0.3, 0.4) is 0 Å². The number of rotatable bonds is 5. The number of amides is 1. The summed E-state index contributed by atoms with van der Waals surface area (Å²) in [7, 11) is 0.958. The molecule has 0 unspecified atom stereocenters. The first-order chi connectivity index (χ1) is 8.78. The van der Waals surface area contributed by atoms with Gasteiger partial charge < -0.3 is 4.90 Å². The van der Waals surface area contributed by atoms with E-state index in [9.17, 15) is 13.2 Å². The number of sulfonamides is 1. The largest absolute Gasteiger partial charge is 0.348 e. The lowest BCUT2D eigenvalue weighted by Crippen LogP contribution is -2.37. The summed E-state index contributed by atoms with van der Waals surface area (Å²) in [6.45, 7) is -0.171. The Hall–Kier alpha value is -0.920. The highest BCUT2D eigenvalue weighted by atomic mass is 79.9. The van der Waals surface area contributed by atoms with Crippen LogP contribution in [-0.4, -0.2) is 51.2 Å². The molecular weight excluding hydrogens is 332 g/mol. The molecule has 0 saturated carbocycles. The van der Waals surface area contributed by atoms with E-state index in [1.54, 1.807) is 38.4 Å². The van der Waals surface area contributed by atoms with Crippen molar-refractivity contribution in [2.45, 2.75) is 10.2 Å². The van der Waals surface area contributed by atoms with E-state index in [1.165, 1.54) is 11.9 Å². The van der Waals surface area contributed by atoms with E-state index >= 15 is 0 Å². The van der Waals surface area contributed by atoms with Crippen LogP contribution >= 0.6 is 15.9 Å². The van der Waals surface area contributed by atoms with E-state index in [4.69, 9.17) is 0 Å². The topological polar surface area (TPSA) is 57.7 Å². The van der Waals surface area contributed by atoms with Gasteiger partial charge in [0.1, 0.15) is 0 Å². The average molecular weight is 349 g/mol. The van der Waals surface area contributed by atoms with Gasteiger partial charge in [0.25, 0.3) is 0 Å². The third-order valence-corrected chi connectivity index (χ3v) is 5.11. The summed E-state index contributed by atoms with van der Waals surface area (Å²) in [6, 6.07) is 6.57. The fraction of sp³-hybridized carbons (Fsp3) is 0.417. The second-order valence-electron chi connectivity index (χ2n) is 4.33. The van der Waals surface area contributed by atoms with Gasteiger partial charge in [-0.2, -0.15) is 4.31 Å². The van der Waals surface area contributed by atoms with Crippen LogP contribution in [0.25, 0.3) is 0 Å². The van der Waals surface area contributed by atoms with Crippen LogP contribution in [0.4, 0.5) is 0 Å². The summed E-state index contributed by atoms with van der Waals surface area (Å²) in [6.07, 6.45) is 0. The molecular formula is C12H17BrN2O3S. The van der Waals surface area contributed by atoms with Gasteiger partial charge in [-0.05, 0) is 17.7 Å². The predicted octanol–water partition coefficient (Wildman–Crippen LogP) is 1.29. The maximum Gasteiger partial charge on any atom is 0.243 e. The van der Waals surface area contributed by atoms with E-state index in [-0.39, 0.29) is 17.3 Å². The van der Waals surface area contributed by atoms with Crippen molar-refractivity contribution in [2.75, 3.05) is 27.7 Å². The summed E-state index contributed by atoms with van der Waals surface area (Å²) in [4.78, 5) is 13.1. The Bertz CT molecular complexity index is 541. The number of hydrogen-bond donors (Lipinski definition) is 0. The predicted molar refractivity (Wildman–Crippen MR) is 77.6 cm³/mol. The number of benzene rings is 1. The van der Waals surface area contributed by atoms with Crippen molar-refractivity contribution in [1.82, 2.24) is 9.21 Å². The highest BCUT2D eigenvalue weighted by Crippen LogP contribution is 2.16. The zero-order valence-corrected chi connectivity index (χ0v) is 13.5. The molecule has 7 heteroatoms. The lowest BCUT2D eigenvalue weighted by atomic mass is 10.2. The second-order valence-corrected chi connectivity index (χ2v) is 6.93. The van der Waals surface area contributed by atoms with Crippen molar-refractivity contribution in [3.8, 4) is 0 Å².